The number of carboxylic acid groups (broad SMARTS) is 1. The molecular weight excluding hydrogens is 246 g/mol. The van der Waals surface area contributed by atoms with E-state index in [-0.39, 0.29) is 18.5 Å². The van der Waals surface area contributed by atoms with E-state index in [0.29, 0.717) is 25.4 Å². The summed E-state index contributed by atoms with van der Waals surface area (Å²) < 4.78 is 0. The van der Waals surface area contributed by atoms with Crippen LogP contribution in [0.2, 0.25) is 0 Å². The molecule has 1 atom stereocenters. The highest BCUT2D eigenvalue weighted by Crippen LogP contribution is 2.00. The van der Waals surface area contributed by atoms with E-state index in [1.807, 2.05) is 14.0 Å². The van der Waals surface area contributed by atoms with Crippen LogP contribution in [0.3, 0.4) is 0 Å². The lowest BCUT2D eigenvalue weighted by molar-refractivity contribution is -0.137. The summed E-state index contributed by atoms with van der Waals surface area (Å²) in [5.74, 6) is -0.798. The number of urea groups is 1. The second kappa shape index (κ2) is 9.61. The second-order valence-corrected chi connectivity index (χ2v) is 5.16. The molecule has 0 rings (SSSR count). The lowest BCUT2D eigenvalue weighted by Crippen LogP contribution is -2.44. The molecule has 3 N–H and O–H groups in total. The van der Waals surface area contributed by atoms with Crippen molar-refractivity contribution in [3.63, 3.8) is 0 Å². The highest BCUT2D eigenvalue weighted by molar-refractivity contribution is 5.74. The van der Waals surface area contributed by atoms with Crippen molar-refractivity contribution in [2.75, 3.05) is 20.1 Å². The summed E-state index contributed by atoms with van der Waals surface area (Å²) in [5, 5.41) is 14.1. The van der Waals surface area contributed by atoms with Gasteiger partial charge in [0.15, 0.2) is 0 Å². The number of hydrogen-bond donors (Lipinski definition) is 3. The standard InChI is InChI=1S/C13H27N3O3/c1-10(2)16(4)9-8-14-13(19)15-11(3)6-5-7-12(17)18/h10-11H,5-9H2,1-4H3,(H,17,18)(H2,14,15,19). The summed E-state index contributed by atoms with van der Waals surface area (Å²) in [4.78, 5) is 24.1. The van der Waals surface area contributed by atoms with Crippen molar-refractivity contribution in [1.82, 2.24) is 15.5 Å². The van der Waals surface area contributed by atoms with E-state index in [4.69, 9.17) is 5.11 Å². The molecule has 0 aliphatic heterocycles. The van der Waals surface area contributed by atoms with Gasteiger partial charge in [0.2, 0.25) is 0 Å². The fraction of sp³-hybridized carbons (Fsp3) is 0.846. The van der Waals surface area contributed by atoms with Crippen molar-refractivity contribution in [1.29, 1.82) is 0 Å². The molecule has 6 nitrogen and oxygen atoms in total. The minimum atomic E-state index is -0.798. The Morgan fingerprint density at radius 3 is 2.42 bits per heavy atom. The lowest BCUT2D eigenvalue weighted by atomic mass is 10.1. The third-order valence-corrected chi connectivity index (χ3v) is 3.04. The first-order chi connectivity index (χ1) is 8.82. The number of likely N-dealkylation sites (N-methyl/N-ethyl adjacent to an activating group) is 1. The van der Waals surface area contributed by atoms with E-state index in [1.165, 1.54) is 0 Å². The molecule has 0 aromatic heterocycles. The third kappa shape index (κ3) is 10.3. The quantitative estimate of drug-likeness (QED) is 0.591. The van der Waals surface area contributed by atoms with E-state index < -0.39 is 5.97 Å². The van der Waals surface area contributed by atoms with Gasteiger partial charge in [0.05, 0.1) is 0 Å². The lowest BCUT2D eigenvalue weighted by Gasteiger charge is -2.21. The fourth-order valence-corrected chi connectivity index (χ4v) is 1.51. The van der Waals surface area contributed by atoms with Crippen LogP contribution in [0.4, 0.5) is 4.79 Å². The van der Waals surface area contributed by atoms with Gasteiger partial charge in [-0.05, 0) is 40.7 Å². The summed E-state index contributed by atoms with van der Waals surface area (Å²) in [6.07, 6.45) is 1.39. The van der Waals surface area contributed by atoms with Gasteiger partial charge in [-0.3, -0.25) is 4.79 Å². The molecule has 0 aliphatic carbocycles. The summed E-state index contributed by atoms with van der Waals surface area (Å²) in [6, 6.07) is 0.252. The molecule has 0 bridgehead atoms. The first-order valence-corrected chi connectivity index (χ1v) is 6.79. The Morgan fingerprint density at radius 1 is 1.26 bits per heavy atom. The zero-order chi connectivity index (χ0) is 14.8. The Labute approximate surface area is 115 Å². The number of rotatable bonds is 9. The normalized spacial score (nSPS) is 12.5. The molecule has 0 fully saturated rings. The first-order valence-electron chi connectivity index (χ1n) is 6.79. The predicted octanol–water partition coefficient (Wildman–Crippen LogP) is 1.27. The average molecular weight is 273 g/mol. The van der Waals surface area contributed by atoms with Crippen molar-refractivity contribution in [3.8, 4) is 0 Å². The van der Waals surface area contributed by atoms with Crippen LogP contribution in [0.25, 0.3) is 0 Å². The van der Waals surface area contributed by atoms with Crippen molar-refractivity contribution >= 4 is 12.0 Å². The number of carbonyl (C=O) groups excluding carboxylic acids is 1. The molecule has 0 aliphatic rings. The zero-order valence-corrected chi connectivity index (χ0v) is 12.4. The molecule has 19 heavy (non-hydrogen) atoms. The Bertz CT molecular complexity index is 282. The molecule has 0 spiro atoms. The maximum atomic E-state index is 11.5. The molecule has 6 heteroatoms. The molecule has 0 heterocycles. The highest BCUT2D eigenvalue weighted by Gasteiger charge is 2.08. The summed E-state index contributed by atoms with van der Waals surface area (Å²) >= 11 is 0. The van der Waals surface area contributed by atoms with Crippen molar-refractivity contribution in [2.45, 2.75) is 52.1 Å². The van der Waals surface area contributed by atoms with Gasteiger partial charge in [-0.1, -0.05) is 0 Å². The molecule has 1 unspecified atom stereocenters. The maximum Gasteiger partial charge on any atom is 0.315 e. The molecule has 0 saturated heterocycles. The monoisotopic (exact) mass is 273 g/mol. The van der Waals surface area contributed by atoms with Gasteiger partial charge in [0.25, 0.3) is 0 Å². The van der Waals surface area contributed by atoms with Gasteiger partial charge in [0, 0.05) is 31.6 Å². The average Bonchev–Trinajstić information content (AvgIpc) is 2.27. The van der Waals surface area contributed by atoms with E-state index in [1.54, 1.807) is 0 Å². The van der Waals surface area contributed by atoms with Crippen LogP contribution in [0.1, 0.15) is 40.0 Å². The number of amides is 2. The largest absolute Gasteiger partial charge is 0.481 e. The van der Waals surface area contributed by atoms with E-state index in [9.17, 15) is 9.59 Å². The molecular formula is C13H27N3O3. The summed E-state index contributed by atoms with van der Waals surface area (Å²) in [7, 11) is 2.01. The van der Waals surface area contributed by atoms with Gasteiger partial charge in [0.1, 0.15) is 0 Å². The second-order valence-electron chi connectivity index (χ2n) is 5.16. The summed E-state index contributed by atoms with van der Waals surface area (Å²) in [6.45, 7) is 7.48. The number of nitrogens with one attached hydrogen (secondary N) is 2. The van der Waals surface area contributed by atoms with Crippen LogP contribution in [0.15, 0.2) is 0 Å². The van der Waals surface area contributed by atoms with E-state index in [2.05, 4.69) is 29.4 Å². The molecule has 0 aromatic rings. The van der Waals surface area contributed by atoms with Gasteiger partial charge >= 0.3 is 12.0 Å². The number of carboxylic acids is 1. The van der Waals surface area contributed by atoms with Crippen LogP contribution in [0, 0.1) is 0 Å². The van der Waals surface area contributed by atoms with Crippen molar-refractivity contribution < 1.29 is 14.7 Å². The van der Waals surface area contributed by atoms with Crippen LogP contribution in [-0.2, 0) is 4.79 Å². The zero-order valence-electron chi connectivity index (χ0n) is 12.4. The van der Waals surface area contributed by atoms with Crippen LogP contribution in [-0.4, -0.2) is 54.2 Å². The Kier molecular flexibility index (Phi) is 8.95. The maximum absolute atomic E-state index is 11.5. The number of hydrogen-bond acceptors (Lipinski definition) is 3. The van der Waals surface area contributed by atoms with Crippen molar-refractivity contribution in [2.24, 2.45) is 0 Å². The van der Waals surface area contributed by atoms with Crippen LogP contribution < -0.4 is 10.6 Å². The number of carbonyl (C=O) groups is 2. The van der Waals surface area contributed by atoms with E-state index in [0.717, 1.165) is 6.54 Å². The Hall–Kier alpha value is -1.30. The minimum Gasteiger partial charge on any atom is -0.481 e. The van der Waals surface area contributed by atoms with Gasteiger partial charge in [-0.25, -0.2) is 4.79 Å². The molecule has 112 valence electrons. The van der Waals surface area contributed by atoms with Crippen LogP contribution in [0.5, 0.6) is 0 Å². The topological polar surface area (TPSA) is 81.7 Å². The van der Waals surface area contributed by atoms with Gasteiger partial charge < -0.3 is 20.6 Å². The van der Waals surface area contributed by atoms with Crippen LogP contribution >= 0.6 is 0 Å². The van der Waals surface area contributed by atoms with Gasteiger partial charge in [-0.2, -0.15) is 0 Å². The van der Waals surface area contributed by atoms with E-state index >= 15 is 0 Å². The molecule has 0 aromatic carbocycles. The third-order valence-electron chi connectivity index (χ3n) is 3.04. The Balaban J connectivity index is 3.65. The van der Waals surface area contributed by atoms with Crippen molar-refractivity contribution in [3.05, 3.63) is 0 Å². The first kappa shape index (κ1) is 17.7. The SMILES string of the molecule is CC(CCCC(=O)O)NC(=O)NCCN(C)C(C)C. The summed E-state index contributed by atoms with van der Waals surface area (Å²) in [5.41, 5.74) is 0. The predicted molar refractivity (Wildman–Crippen MR) is 75.2 cm³/mol. The smallest absolute Gasteiger partial charge is 0.315 e. The molecule has 2 amide bonds. The minimum absolute atomic E-state index is 0.0119. The number of aliphatic carboxylic acids is 1. The Morgan fingerprint density at radius 2 is 1.89 bits per heavy atom. The fourth-order valence-electron chi connectivity index (χ4n) is 1.51. The molecule has 0 saturated carbocycles. The van der Waals surface area contributed by atoms with Gasteiger partial charge in [-0.15, -0.1) is 0 Å². The molecule has 0 radical (unpaired) electrons. The number of nitrogens with zero attached hydrogens (tertiary/aromatic N) is 1. The highest BCUT2D eigenvalue weighted by atomic mass is 16.4.